The number of carbonyl (C=O) groups excluding carboxylic acids is 1. The van der Waals surface area contributed by atoms with Crippen LogP contribution in [0.4, 0.5) is 0 Å². The number of amides is 1. The molecule has 2 N–H and O–H groups in total. The molecule has 0 spiro atoms. The van der Waals surface area contributed by atoms with Crippen LogP contribution in [0.5, 0.6) is 5.75 Å². The lowest BCUT2D eigenvalue weighted by Gasteiger charge is -2.06. The standard InChI is InChI=1S/C19H15N3O2S/c1-22-15-8-4-5-9-16(15)25-19(22)21-20-18(24)14-11-10-12-6-2-3-7-13(12)17(14)23/h2-11,23H,1H3,(H,20,24). The van der Waals surface area contributed by atoms with Crippen LogP contribution in [-0.4, -0.2) is 15.6 Å². The first kappa shape index (κ1) is 15.4. The molecule has 3 aromatic carbocycles. The van der Waals surface area contributed by atoms with Gasteiger partial charge >= 0.3 is 0 Å². The zero-order valence-electron chi connectivity index (χ0n) is 13.4. The number of phenolic OH excluding ortho intramolecular Hbond substituents is 1. The van der Waals surface area contributed by atoms with Gasteiger partial charge in [-0.1, -0.05) is 53.8 Å². The van der Waals surface area contributed by atoms with Gasteiger partial charge in [-0.05, 0) is 23.6 Å². The highest BCUT2D eigenvalue weighted by atomic mass is 32.1. The molecule has 0 radical (unpaired) electrons. The molecule has 6 heteroatoms. The Labute approximate surface area is 147 Å². The lowest BCUT2D eigenvalue weighted by molar-refractivity contribution is 0.0950. The average Bonchev–Trinajstić information content (AvgIpc) is 2.96. The third-order valence-corrected chi connectivity index (χ3v) is 5.23. The molecule has 0 aliphatic carbocycles. The number of aryl methyl sites for hydroxylation is 1. The second kappa shape index (κ2) is 6.07. The molecule has 25 heavy (non-hydrogen) atoms. The number of aromatic nitrogens is 1. The van der Waals surface area contributed by atoms with Crippen LogP contribution in [0.1, 0.15) is 10.4 Å². The van der Waals surface area contributed by atoms with Gasteiger partial charge in [-0.15, -0.1) is 5.10 Å². The number of fused-ring (bicyclic) bond motifs is 2. The van der Waals surface area contributed by atoms with Crippen molar-refractivity contribution in [2.45, 2.75) is 0 Å². The highest BCUT2D eigenvalue weighted by molar-refractivity contribution is 7.16. The maximum Gasteiger partial charge on any atom is 0.275 e. The fourth-order valence-electron chi connectivity index (χ4n) is 2.79. The molecule has 124 valence electrons. The highest BCUT2D eigenvalue weighted by Crippen LogP contribution is 2.28. The van der Waals surface area contributed by atoms with E-state index in [9.17, 15) is 9.90 Å². The van der Waals surface area contributed by atoms with Gasteiger partial charge in [0.15, 0.2) is 0 Å². The molecule has 0 fully saturated rings. The number of carbonyl (C=O) groups is 1. The van der Waals surface area contributed by atoms with Crippen LogP contribution < -0.4 is 10.2 Å². The molecule has 0 saturated heterocycles. The van der Waals surface area contributed by atoms with E-state index in [1.165, 1.54) is 11.3 Å². The van der Waals surface area contributed by atoms with Crippen LogP contribution in [-0.2, 0) is 7.05 Å². The van der Waals surface area contributed by atoms with Crippen molar-refractivity contribution in [3.63, 3.8) is 0 Å². The van der Waals surface area contributed by atoms with Crippen LogP contribution in [0.2, 0.25) is 0 Å². The van der Waals surface area contributed by atoms with E-state index in [2.05, 4.69) is 10.5 Å². The number of hydrogen-bond acceptors (Lipinski definition) is 4. The number of aromatic hydroxyl groups is 1. The van der Waals surface area contributed by atoms with Crippen LogP contribution in [0.25, 0.3) is 21.0 Å². The molecule has 1 amide bonds. The molecule has 0 unspecified atom stereocenters. The first-order chi connectivity index (χ1) is 12.1. The highest BCUT2D eigenvalue weighted by Gasteiger charge is 2.13. The number of phenols is 1. The number of nitrogens with one attached hydrogen (secondary N) is 1. The Bertz CT molecular complexity index is 1170. The lowest BCUT2D eigenvalue weighted by Crippen LogP contribution is -2.23. The van der Waals surface area contributed by atoms with E-state index < -0.39 is 5.91 Å². The van der Waals surface area contributed by atoms with Crippen molar-refractivity contribution in [2.24, 2.45) is 12.1 Å². The summed E-state index contributed by atoms with van der Waals surface area (Å²) in [5, 5.41) is 16.1. The molecular formula is C19H15N3O2S. The average molecular weight is 349 g/mol. The topological polar surface area (TPSA) is 66.6 Å². The first-order valence-electron chi connectivity index (χ1n) is 7.74. The van der Waals surface area contributed by atoms with Crippen molar-refractivity contribution < 1.29 is 9.90 Å². The smallest absolute Gasteiger partial charge is 0.275 e. The first-order valence-corrected chi connectivity index (χ1v) is 8.56. The monoisotopic (exact) mass is 349 g/mol. The van der Waals surface area contributed by atoms with E-state index in [1.54, 1.807) is 12.1 Å². The summed E-state index contributed by atoms with van der Waals surface area (Å²) in [6.07, 6.45) is 0. The SMILES string of the molecule is Cn1c(=NNC(=O)c2ccc3ccccc3c2O)sc2ccccc21. The predicted molar refractivity (Wildman–Crippen MR) is 99.4 cm³/mol. The van der Waals surface area contributed by atoms with Crippen molar-refractivity contribution in [1.29, 1.82) is 0 Å². The van der Waals surface area contributed by atoms with E-state index in [1.807, 2.05) is 60.1 Å². The summed E-state index contributed by atoms with van der Waals surface area (Å²) in [4.78, 5) is 13.1. The molecular weight excluding hydrogens is 334 g/mol. The number of para-hydroxylation sites is 1. The number of rotatable bonds is 2. The summed E-state index contributed by atoms with van der Waals surface area (Å²) in [6.45, 7) is 0. The van der Waals surface area contributed by atoms with Crippen LogP contribution in [0.3, 0.4) is 0 Å². The Kier molecular flexibility index (Phi) is 3.74. The van der Waals surface area contributed by atoms with E-state index in [0.29, 0.717) is 10.2 Å². The predicted octanol–water partition coefficient (Wildman–Crippen LogP) is 3.34. The summed E-state index contributed by atoms with van der Waals surface area (Å²) < 4.78 is 3.01. The summed E-state index contributed by atoms with van der Waals surface area (Å²) in [5.41, 5.74) is 3.79. The quantitative estimate of drug-likeness (QED) is 0.545. The van der Waals surface area contributed by atoms with Gasteiger partial charge in [0.25, 0.3) is 5.91 Å². The van der Waals surface area contributed by atoms with Gasteiger partial charge in [0.1, 0.15) is 5.75 Å². The van der Waals surface area contributed by atoms with Crippen molar-refractivity contribution in [3.8, 4) is 5.75 Å². The van der Waals surface area contributed by atoms with Crippen molar-refractivity contribution >= 4 is 38.2 Å². The lowest BCUT2D eigenvalue weighted by atomic mass is 10.1. The number of benzene rings is 3. The number of thiazole rings is 1. The molecule has 0 aliphatic heterocycles. The van der Waals surface area contributed by atoms with Crippen LogP contribution in [0.15, 0.2) is 65.8 Å². The number of hydrogen-bond donors (Lipinski definition) is 2. The fraction of sp³-hybridized carbons (Fsp3) is 0.0526. The maximum absolute atomic E-state index is 12.4. The Morgan fingerprint density at radius 1 is 1.08 bits per heavy atom. The van der Waals surface area contributed by atoms with Gasteiger partial charge in [0.05, 0.1) is 15.8 Å². The maximum atomic E-state index is 12.4. The molecule has 4 aromatic rings. The van der Waals surface area contributed by atoms with Crippen LogP contribution in [0, 0.1) is 0 Å². The minimum absolute atomic E-state index is 0.0356. The van der Waals surface area contributed by atoms with E-state index >= 15 is 0 Å². The Balaban J connectivity index is 1.70. The molecule has 0 atom stereocenters. The molecule has 0 bridgehead atoms. The molecule has 0 saturated carbocycles. The largest absolute Gasteiger partial charge is 0.506 e. The Hall–Kier alpha value is -3.12. The molecule has 0 aliphatic rings. The zero-order chi connectivity index (χ0) is 17.4. The van der Waals surface area contributed by atoms with Crippen LogP contribution >= 0.6 is 11.3 Å². The fourth-order valence-corrected chi connectivity index (χ4v) is 3.76. The van der Waals surface area contributed by atoms with Gasteiger partial charge in [0.2, 0.25) is 4.80 Å². The summed E-state index contributed by atoms with van der Waals surface area (Å²) in [6, 6.07) is 18.7. The third-order valence-electron chi connectivity index (χ3n) is 4.11. The second-order valence-electron chi connectivity index (χ2n) is 5.65. The molecule has 1 heterocycles. The Morgan fingerprint density at radius 3 is 2.68 bits per heavy atom. The molecule has 5 nitrogen and oxygen atoms in total. The molecule has 1 aromatic heterocycles. The van der Waals surface area contributed by atoms with Crippen molar-refractivity contribution in [2.75, 3.05) is 0 Å². The van der Waals surface area contributed by atoms with Crippen molar-refractivity contribution in [1.82, 2.24) is 9.99 Å². The minimum atomic E-state index is -0.444. The minimum Gasteiger partial charge on any atom is -0.506 e. The van der Waals surface area contributed by atoms with Gasteiger partial charge in [0, 0.05) is 12.4 Å². The zero-order valence-corrected chi connectivity index (χ0v) is 14.2. The Morgan fingerprint density at radius 2 is 1.84 bits per heavy atom. The third kappa shape index (κ3) is 2.66. The normalized spacial score (nSPS) is 12.0. The van der Waals surface area contributed by atoms with Gasteiger partial charge in [-0.2, -0.15) is 0 Å². The summed E-state index contributed by atoms with van der Waals surface area (Å²) >= 11 is 1.49. The molecule has 4 rings (SSSR count). The van der Waals surface area contributed by atoms with Crippen molar-refractivity contribution in [3.05, 3.63) is 71.0 Å². The van der Waals surface area contributed by atoms with E-state index in [-0.39, 0.29) is 11.3 Å². The second-order valence-corrected chi connectivity index (χ2v) is 6.66. The summed E-state index contributed by atoms with van der Waals surface area (Å²) in [5.74, 6) is -0.479. The van der Waals surface area contributed by atoms with Gasteiger partial charge in [-0.25, -0.2) is 5.43 Å². The number of nitrogens with zero attached hydrogens (tertiary/aromatic N) is 2. The van der Waals surface area contributed by atoms with E-state index in [4.69, 9.17) is 0 Å². The van der Waals surface area contributed by atoms with E-state index in [0.717, 1.165) is 15.6 Å². The summed E-state index contributed by atoms with van der Waals surface area (Å²) in [7, 11) is 1.90. The van der Waals surface area contributed by atoms with Gasteiger partial charge < -0.3 is 9.67 Å². The van der Waals surface area contributed by atoms with Gasteiger partial charge in [-0.3, -0.25) is 4.79 Å².